The Bertz CT molecular complexity index is 479. The van der Waals surface area contributed by atoms with Gasteiger partial charge in [0.15, 0.2) is 0 Å². The maximum atomic E-state index is 12.3. The number of carbonyl (C=O) groups is 1. The summed E-state index contributed by atoms with van der Waals surface area (Å²) in [4.78, 5) is 12.3. The van der Waals surface area contributed by atoms with Crippen LogP contribution < -0.4 is 11.1 Å². The van der Waals surface area contributed by atoms with Crippen molar-refractivity contribution in [2.75, 3.05) is 13.2 Å². The molecule has 3 N–H and O–H groups in total. The third-order valence-electron chi connectivity index (χ3n) is 4.39. The Morgan fingerprint density at radius 2 is 2.09 bits per heavy atom. The highest BCUT2D eigenvalue weighted by molar-refractivity contribution is 5.85. The van der Waals surface area contributed by atoms with E-state index in [-0.39, 0.29) is 24.4 Å². The number of halogens is 1. The first-order chi connectivity index (χ1) is 10.5. The van der Waals surface area contributed by atoms with Crippen LogP contribution in [0.25, 0.3) is 0 Å². The number of hydrogen-bond donors (Lipinski definition) is 2. The Kier molecular flexibility index (Phi) is 8.03. The minimum Gasteiger partial charge on any atom is -0.373 e. The number of rotatable bonds is 6. The zero-order valence-electron chi connectivity index (χ0n) is 14.1. The molecule has 2 rings (SSSR count). The Morgan fingerprint density at radius 3 is 2.74 bits per heavy atom. The van der Waals surface area contributed by atoms with E-state index in [4.69, 9.17) is 10.5 Å². The van der Waals surface area contributed by atoms with Gasteiger partial charge in [-0.15, -0.1) is 12.4 Å². The molecule has 130 valence electrons. The van der Waals surface area contributed by atoms with Gasteiger partial charge in [0.25, 0.3) is 0 Å². The van der Waals surface area contributed by atoms with Crippen molar-refractivity contribution in [1.29, 1.82) is 0 Å². The van der Waals surface area contributed by atoms with Crippen molar-refractivity contribution in [3.63, 3.8) is 0 Å². The Hall–Kier alpha value is -1.10. The van der Waals surface area contributed by atoms with E-state index in [0.29, 0.717) is 18.9 Å². The molecule has 4 nitrogen and oxygen atoms in total. The molecule has 0 radical (unpaired) electrons. The molecule has 0 saturated carbocycles. The molecule has 1 amide bonds. The molecule has 0 bridgehead atoms. The van der Waals surface area contributed by atoms with Gasteiger partial charge in [-0.2, -0.15) is 0 Å². The van der Waals surface area contributed by atoms with Crippen LogP contribution in [-0.2, 0) is 9.53 Å². The number of benzene rings is 1. The quantitative estimate of drug-likeness (QED) is 0.835. The van der Waals surface area contributed by atoms with Gasteiger partial charge in [0, 0.05) is 19.1 Å². The maximum absolute atomic E-state index is 12.3. The third-order valence-corrected chi connectivity index (χ3v) is 4.39. The first kappa shape index (κ1) is 19.9. The molecule has 0 aromatic heterocycles. The maximum Gasteiger partial charge on any atom is 0.239 e. The normalized spacial score (nSPS) is 23.4. The second-order valence-corrected chi connectivity index (χ2v) is 6.48. The van der Waals surface area contributed by atoms with Crippen molar-refractivity contribution in [3.05, 3.63) is 35.9 Å². The van der Waals surface area contributed by atoms with Crippen LogP contribution in [0.3, 0.4) is 0 Å². The van der Waals surface area contributed by atoms with Crippen molar-refractivity contribution in [2.45, 2.75) is 51.2 Å². The second kappa shape index (κ2) is 9.26. The average molecular weight is 341 g/mol. The summed E-state index contributed by atoms with van der Waals surface area (Å²) in [5.41, 5.74) is 6.49. The largest absolute Gasteiger partial charge is 0.373 e. The molecule has 5 heteroatoms. The summed E-state index contributed by atoms with van der Waals surface area (Å²) in [5, 5.41) is 3.03. The predicted molar refractivity (Wildman–Crippen MR) is 95.6 cm³/mol. The van der Waals surface area contributed by atoms with Crippen LogP contribution >= 0.6 is 12.4 Å². The average Bonchev–Trinajstić information content (AvgIpc) is 2.53. The van der Waals surface area contributed by atoms with E-state index in [1.807, 2.05) is 25.1 Å². The zero-order valence-corrected chi connectivity index (χ0v) is 14.9. The van der Waals surface area contributed by atoms with Gasteiger partial charge in [-0.1, -0.05) is 43.7 Å². The summed E-state index contributed by atoms with van der Waals surface area (Å²) in [5.74, 6) is 0.240. The Labute approximate surface area is 145 Å². The first-order valence-electron chi connectivity index (χ1n) is 8.28. The number of hydrogen-bond acceptors (Lipinski definition) is 3. The predicted octanol–water partition coefficient (Wildman–Crippen LogP) is 3.21. The summed E-state index contributed by atoms with van der Waals surface area (Å²) in [6.45, 7) is 5.25. The molecule has 1 fully saturated rings. The van der Waals surface area contributed by atoms with Gasteiger partial charge >= 0.3 is 0 Å². The molecule has 1 aromatic rings. The summed E-state index contributed by atoms with van der Waals surface area (Å²) in [6, 6.07) is 10.2. The second-order valence-electron chi connectivity index (χ2n) is 6.48. The van der Waals surface area contributed by atoms with Gasteiger partial charge in [-0.25, -0.2) is 0 Å². The van der Waals surface area contributed by atoms with E-state index in [0.717, 1.165) is 25.9 Å². The van der Waals surface area contributed by atoms with Crippen LogP contribution in [0.1, 0.15) is 51.2 Å². The van der Waals surface area contributed by atoms with Gasteiger partial charge in [-0.3, -0.25) is 4.79 Å². The Balaban J connectivity index is 0.00000264. The number of nitrogens with two attached hydrogens (primary N) is 1. The highest BCUT2D eigenvalue weighted by Crippen LogP contribution is 2.33. The van der Waals surface area contributed by atoms with Crippen molar-refractivity contribution < 1.29 is 9.53 Å². The van der Waals surface area contributed by atoms with Crippen molar-refractivity contribution in [2.24, 2.45) is 11.7 Å². The Morgan fingerprint density at radius 1 is 1.39 bits per heavy atom. The van der Waals surface area contributed by atoms with E-state index < -0.39 is 5.54 Å². The van der Waals surface area contributed by atoms with Crippen LogP contribution in [0, 0.1) is 5.92 Å². The number of ether oxygens (including phenoxy) is 1. The van der Waals surface area contributed by atoms with Crippen molar-refractivity contribution in [1.82, 2.24) is 5.32 Å². The van der Waals surface area contributed by atoms with E-state index in [1.165, 1.54) is 5.56 Å². The molecule has 1 aliphatic rings. The standard InChI is InChI=1S/C18H28N2O2.ClH/c1-3-11-18(2,19)17(21)20-13-15-10-7-12-22-16(15)14-8-5-4-6-9-14;/h4-6,8-9,15-16H,3,7,10-13,19H2,1-2H3,(H,20,21);1H. The summed E-state index contributed by atoms with van der Waals surface area (Å²) in [6.07, 6.45) is 3.76. The van der Waals surface area contributed by atoms with Crippen LogP contribution in [0.15, 0.2) is 30.3 Å². The zero-order chi connectivity index (χ0) is 16.0. The fourth-order valence-electron chi connectivity index (χ4n) is 3.12. The molecule has 0 spiro atoms. The summed E-state index contributed by atoms with van der Waals surface area (Å²) < 4.78 is 5.96. The third kappa shape index (κ3) is 5.48. The van der Waals surface area contributed by atoms with Gasteiger partial charge in [-0.05, 0) is 31.7 Å². The van der Waals surface area contributed by atoms with E-state index in [1.54, 1.807) is 6.92 Å². The lowest BCUT2D eigenvalue weighted by molar-refractivity contribution is -0.126. The molecule has 3 atom stereocenters. The first-order valence-corrected chi connectivity index (χ1v) is 8.28. The van der Waals surface area contributed by atoms with Gasteiger partial charge in [0.1, 0.15) is 0 Å². The molecule has 3 unspecified atom stereocenters. The molecule has 0 aliphatic carbocycles. The summed E-state index contributed by atoms with van der Waals surface area (Å²) >= 11 is 0. The molecule has 1 heterocycles. The van der Waals surface area contributed by atoms with Gasteiger partial charge in [0.2, 0.25) is 5.91 Å². The fraction of sp³-hybridized carbons (Fsp3) is 0.611. The lowest BCUT2D eigenvalue weighted by atomic mass is 9.89. The van der Waals surface area contributed by atoms with Crippen molar-refractivity contribution in [3.8, 4) is 0 Å². The van der Waals surface area contributed by atoms with Crippen LogP contribution in [0.5, 0.6) is 0 Å². The lowest BCUT2D eigenvalue weighted by Crippen LogP contribution is -2.52. The smallest absolute Gasteiger partial charge is 0.239 e. The SMILES string of the molecule is CCCC(C)(N)C(=O)NCC1CCCOC1c1ccccc1.Cl. The highest BCUT2D eigenvalue weighted by Gasteiger charge is 2.31. The molecular formula is C18H29ClN2O2. The number of carbonyl (C=O) groups excluding carboxylic acids is 1. The van der Waals surface area contributed by atoms with Gasteiger partial charge < -0.3 is 15.8 Å². The topological polar surface area (TPSA) is 64.4 Å². The minimum absolute atomic E-state index is 0. The number of amides is 1. The van der Waals surface area contributed by atoms with E-state index >= 15 is 0 Å². The minimum atomic E-state index is -0.785. The lowest BCUT2D eigenvalue weighted by Gasteiger charge is -2.33. The fourth-order valence-corrected chi connectivity index (χ4v) is 3.12. The highest BCUT2D eigenvalue weighted by atomic mass is 35.5. The molecule has 1 aromatic carbocycles. The molecule has 23 heavy (non-hydrogen) atoms. The van der Waals surface area contributed by atoms with Gasteiger partial charge in [0.05, 0.1) is 11.6 Å². The van der Waals surface area contributed by atoms with Crippen molar-refractivity contribution >= 4 is 18.3 Å². The summed E-state index contributed by atoms with van der Waals surface area (Å²) in [7, 11) is 0. The number of nitrogens with one attached hydrogen (secondary N) is 1. The van der Waals surface area contributed by atoms with E-state index in [2.05, 4.69) is 17.4 Å². The molecule has 1 saturated heterocycles. The molecule has 1 aliphatic heterocycles. The van der Waals surface area contributed by atoms with Crippen LogP contribution in [0.4, 0.5) is 0 Å². The van der Waals surface area contributed by atoms with Crippen LogP contribution in [-0.4, -0.2) is 24.6 Å². The van der Waals surface area contributed by atoms with E-state index in [9.17, 15) is 4.79 Å². The molecular weight excluding hydrogens is 312 g/mol. The monoisotopic (exact) mass is 340 g/mol. The van der Waals surface area contributed by atoms with Crippen LogP contribution in [0.2, 0.25) is 0 Å².